The molecule has 0 spiro atoms. The Hall–Kier alpha value is -0.870. The quantitative estimate of drug-likeness (QED) is 0.693. The van der Waals surface area contributed by atoms with Crippen LogP contribution in [0.2, 0.25) is 0 Å². The molecule has 1 heterocycles. The summed E-state index contributed by atoms with van der Waals surface area (Å²) in [5.41, 5.74) is 0. The van der Waals surface area contributed by atoms with Crippen molar-refractivity contribution in [2.24, 2.45) is 5.92 Å². The molecular weight excluding hydrogens is 226 g/mol. The molecule has 4 nitrogen and oxygen atoms in total. The largest absolute Gasteiger partial charge is 0.392 e. The lowest BCUT2D eigenvalue weighted by Crippen LogP contribution is -2.29. The van der Waals surface area contributed by atoms with Gasteiger partial charge in [0, 0.05) is 25.5 Å². The predicted molar refractivity (Wildman–Crippen MR) is 72.3 cm³/mol. The molecule has 1 atom stereocenters. The lowest BCUT2D eigenvalue weighted by molar-refractivity contribution is 0.140. The number of hydrogen-bond acceptors (Lipinski definition) is 3. The summed E-state index contributed by atoms with van der Waals surface area (Å²) in [6.07, 6.45) is 11.0. The van der Waals surface area contributed by atoms with Crippen molar-refractivity contribution in [1.29, 1.82) is 0 Å². The van der Waals surface area contributed by atoms with Crippen LogP contribution in [0, 0.1) is 5.92 Å². The van der Waals surface area contributed by atoms with Crippen LogP contribution in [0.3, 0.4) is 0 Å². The Morgan fingerprint density at radius 1 is 1.39 bits per heavy atom. The molecule has 0 aromatic carbocycles. The lowest BCUT2D eigenvalue weighted by Gasteiger charge is -2.15. The third-order valence-electron chi connectivity index (χ3n) is 3.76. The average Bonchev–Trinajstić information content (AvgIpc) is 3.01. The summed E-state index contributed by atoms with van der Waals surface area (Å²) in [5.74, 6) is 0.769. The topological polar surface area (TPSA) is 50.1 Å². The van der Waals surface area contributed by atoms with Crippen LogP contribution < -0.4 is 5.32 Å². The molecule has 0 radical (unpaired) electrons. The van der Waals surface area contributed by atoms with Gasteiger partial charge in [-0.2, -0.15) is 5.10 Å². The number of aryl methyl sites for hydroxylation is 1. The standard InChI is InChI=1S/C14H25N3O/c18-14(11-13-5-1-2-6-13)12-15-7-3-9-17-10-4-8-16-17/h4,8,10,13-15,18H,1-3,5-7,9,11-12H2. The normalized spacial score (nSPS) is 18.3. The second kappa shape index (κ2) is 7.54. The smallest absolute Gasteiger partial charge is 0.0667 e. The summed E-state index contributed by atoms with van der Waals surface area (Å²) in [5, 5.41) is 17.4. The van der Waals surface area contributed by atoms with E-state index in [9.17, 15) is 5.11 Å². The second-order valence-electron chi connectivity index (χ2n) is 5.37. The van der Waals surface area contributed by atoms with E-state index in [0.717, 1.165) is 38.4 Å². The number of nitrogens with zero attached hydrogens (tertiary/aromatic N) is 2. The minimum absolute atomic E-state index is 0.169. The van der Waals surface area contributed by atoms with E-state index in [1.807, 2.05) is 16.9 Å². The van der Waals surface area contributed by atoms with Crippen molar-refractivity contribution in [2.45, 2.75) is 51.2 Å². The fraction of sp³-hybridized carbons (Fsp3) is 0.786. The zero-order valence-corrected chi connectivity index (χ0v) is 11.1. The third-order valence-corrected chi connectivity index (χ3v) is 3.76. The maximum Gasteiger partial charge on any atom is 0.0667 e. The van der Waals surface area contributed by atoms with Gasteiger partial charge in [0.05, 0.1) is 6.10 Å². The van der Waals surface area contributed by atoms with Gasteiger partial charge in [-0.1, -0.05) is 25.7 Å². The Morgan fingerprint density at radius 2 is 2.22 bits per heavy atom. The van der Waals surface area contributed by atoms with Gasteiger partial charge in [-0.25, -0.2) is 0 Å². The van der Waals surface area contributed by atoms with E-state index in [1.165, 1.54) is 25.7 Å². The fourth-order valence-electron chi connectivity index (χ4n) is 2.78. The Bertz CT molecular complexity index is 307. The molecule has 0 aliphatic heterocycles. The molecule has 4 heteroatoms. The molecule has 1 aromatic rings. The van der Waals surface area contributed by atoms with Gasteiger partial charge >= 0.3 is 0 Å². The van der Waals surface area contributed by atoms with Crippen LogP contribution in [0.1, 0.15) is 38.5 Å². The highest BCUT2D eigenvalue weighted by Crippen LogP contribution is 2.28. The third kappa shape index (κ3) is 4.78. The summed E-state index contributed by atoms with van der Waals surface area (Å²) in [7, 11) is 0. The van der Waals surface area contributed by atoms with Gasteiger partial charge in [0.1, 0.15) is 0 Å². The minimum atomic E-state index is -0.169. The van der Waals surface area contributed by atoms with Crippen LogP contribution in [-0.4, -0.2) is 34.1 Å². The van der Waals surface area contributed by atoms with Crippen LogP contribution in [0.5, 0.6) is 0 Å². The second-order valence-corrected chi connectivity index (χ2v) is 5.37. The number of aromatic nitrogens is 2. The van der Waals surface area contributed by atoms with Gasteiger partial charge in [-0.3, -0.25) is 4.68 Å². The molecular formula is C14H25N3O. The molecule has 1 aromatic heterocycles. The van der Waals surface area contributed by atoms with E-state index in [4.69, 9.17) is 0 Å². The van der Waals surface area contributed by atoms with Crippen LogP contribution in [-0.2, 0) is 6.54 Å². The van der Waals surface area contributed by atoms with Crippen molar-refractivity contribution >= 4 is 0 Å². The first-order valence-corrected chi connectivity index (χ1v) is 7.21. The highest BCUT2D eigenvalue weighted by Gasteiger charge is 2.18. The molecule has 1 saturated carbocycles. The number of nitrogens with one attached hydrogen (secondary N) is 1. The Morgan fingerprint density at radius 3 is 2.94 bits per heavy atom. The molecule has 1 aliphatic carbocycles. The predicted octanol–water partition coefficient (Wildman–Crippen LogP) is 1.80. The van der Waals surface area contributed by atoms with E-state index in [1.54, 1.807) is 6.20 Å². The highest BCUT2D eigenvalue weighted by atomic mass is 16.3. The first kappa shape index (κ1) is 13.6. The van der Waals surface area contributed by atoms with Gasteiger partial charge in [-0.15, -0.1) is 0 Å². The Kier molecular flexibility index (Phi) is 5.68. The van der Waals surface area contributed by atoms with Crippen LogP contribution in [0.25, 0.3) is 0 Å². The molecule has 0 bridgehead atoms. The highest BCUT2D eigenvalue weighted by molar-refractivity contribution is 4.77. The number of rotatable bonds is 8. The van der Waals surface area contributed by atoms with Gasteiger partial charge < -0.3 is 10.4 Å². The van der Waals surface area contributed by atoms with Gasteiger partial charge in [0.25, 0.3) is 0 Å². The van der Waals surface area contributed by atoms with Gasteiger partial charge in [0.15, 0.2) is 0 Å². The van der Waals surface area contributed by atoms with E-state index >= 15 is 0 Å². The molecule has 2 rings (SSSR count). The lowest BCUT2D eigenvalue weighted by atomic mass is 10.0. The SMILES string of the molecule is OC(CNCCCn1cccn1)CC1CCCC1. The van der Waals surface area contributed by atoms with Crippen molar-refractivity contribution < 1.29 is 5.11 Å². The van der Waals surface area contributed by atoms with Crippen LogP contribution in [0.4, 0.5) is 0 Å². The van der Waals surface area contributed by atoms with Crippen molar-refractivity contribution in [2.75, 3.05) is 13.1 Å². The van der Waals surface area contributed by atoms with Crippen molar-refractivity contribution in [3.05, 3.63) is 18.5 Å². The summed E-state index contributed by atoms with van der Waals surface area (Å²) in [4.78, 5) is 0. The van der Waals surface area contributed by atoms with Gasteiger partial charge in [-0.05, 0) is 31.4 Å². The molecule has 0 amide bonds. The molecule has 18 heavy (non-hydrogen) atoms. The maximum absolute atomic E-state index is 9.91. The van der Waals surface area contributed by atoms with Crippen molar-refractivity contribution in [3.63, 3.8) is 0 Å². The van der Waals surface area contributed by atoms with Crippen LogP contribution in [0.15, 0.2) is 18.5 Å². The average molecular weight is 251 g/mol. The van der Waals surface area contributed by atoms with Gasteiger partial charge in [0.2, 0.25) is 0 Å². The monoisotopic (exact) mass is 251 g/mol. The Labute approximate surface area is 109 Å². The Balaban J connectivity index is 1.47. The number of aliphatic hydroxyl groups excluding tert-OH is 1. The van der Waals surface area contributed by atoms with Crippen molar-refractivity contribution in [3.8, 4) is 0 Å². The maximum atomic E-state index is 9.91. The molecule has 1 unspecified atom stereocenters. The molecule has 1 fully saturated rings. The zero-order valence-electron chi connectivity index (χ0n) is 11.1. The minimum Gasteiger partial charge on any atom is -0.392 e. The van der Waals surface area contributed by atoms with E-state index in [2.05, 4.69) is 10.4 Å². The first-order valence-electron chi connectivity index (χ1n) is 7.21. The van der Waals surface area contributed by atoms with Crippen LogP contribution >= 0.6 is 0 Å². The van der Waals surface area contributed by atoms with E-state index in [0.29, 0.717) is 0 Å². The first-order chi connectivity index (χ1) is 8.84. The summed E-state index contributed by atoms with van der Waals surface area (Å²) >= 11 is 0. The fourth-order valence-corrected chi connectivity index (χ4v) is 2.78. The molecule has 1 aliphatic rings. The summed E-state index contributed by atoms with van der Waals surface area (Å²) in [6, 6.07) is 1.94. The van der Waals surface area contributed by atoms with Crippen molar-refractivity contribution in [1.82, 2.24) is 15.1 Å². The molecule has 0 saturated heterocycles. The summed E-state index contributed by atoms with van der Waals surface area (Å²) in [6.45, 7) is 2.62. The zero-order chi connectivity index (χ0) is 12.6. The molecule has 2 N–H and O–H groups in total. The summed E-state index contributed by atoms with van der Waals surface area (Å²) < 4.78 is 1.94. The van der Waals surface area contributed by atoms with E-state index < -0.39 is 0 Å². The molecule has 102 valence electrons. The van der Waals surface area contributed by atoms with E-state index in [-0.39, 0.29) is 6.10 Å². The number of aliphatic hydroxyl groups is 1. The number of hydrogen-bond donors (Lipinski definition) is 2.